The average Bonchev–Trinajstić information content (AvgIpc) is 3.90. The molecule has 5 atom stereocenters. The lowest BCUT2D eigenvalue weighted by molar-refractivity contribution is -0.142. The van der Waals surface area contributed by atoms with Crippen molar-refractivity contribution in [3.05, 3.63) is 90.1 Å². The monoisotopic (exact) mass is 750 g/mol. The lowest BCUT2D eigenvalue weighted by atomic mass is 9.80. The van der Waals surface area contributed by atoms with Gasteiger partial charge in [-0.15, -0.1) is 0 Å². The highest BCUT2D eigenvalue weighted by molar-refractivity contribution is 6.19. The van der Waals surface area contributed by atoms with Crippen molar-refractivity contribution in [1.82, 2.24) is 20.3 Å². The number of ether oxygens (including phenoxy) is 2. The van der Waals surface area contributed by atoms with Crippen LogP contribution in [0.2, 0.25) is 0 Å². The number of allylic oxidation sites excluding steroid dienone is 2. The van der Waals surface area contributed by atoms with E-state index in [-0.39, 0.29) is 17.6 Å². The first-order chi connectivity index (χ1) is 26.3. The predicted molar refractivity (Wildman–Crippen MR) is 218 cm³/mol. The van der Waals surface area contributed by atoms with Crippen LogP contribution in [0, 0.1) is 37.5 Å². The van der Waals surface area contributed by atoms with Crippen molar-refractivity contribution in [1.29, 1.82) is 0 Å². The number of aliphatic hydroxyl groups excluding tert-OH is 2. The molecular formula is C45H58N4O6. The lowest BCUT2D eigenvalue weighted by Crippen LogP contribution is -2.38. The molecule has 0 radical (unpaired) electrons. The van der Waals surface area contributed by atoms with E-state index in [0.717, 1.165) is 74.8 Å². The Morgan fingerprint density at radius 3 is 2.45 bits per heavy atom. The fraction of sp³-hybridized carbons (Fsp3) is 0.467. The van der Waals surface area contributed by atoms with E-state index >= 15 is 0 Å². The van der Waals surface area contributed by atoms with Crippen molar-refractivity contribution in [2.45, 2.75) is 99.3 Å². The number of aromatic nitrogens is 3. The maximum absolute atomic E-state index is 14.3. The number of fused-ring (bicyclic) bond motifs is 8. The van der Waals surface area contributed by atoms with Gasteiger partial charge in [-0.2, -0.15) is 0 Å². The van der Waals surface area contributed by atoms with Crippen LogP contribution in [0.15, 0.2) is 23.9 Å². The molecule has 3 aromatic rings. The highest BCUT2D eigenvalue weighted by atomic mass is 16.6. The molecule has 3 aromatic heterocycles. The number of nitrogens with one attached hydrogen (secondary N) is 4. The second kappa shape index (κ2) is 16.5. The minimum atomic E-state index is -1.12. The van der Waals surface area contributed by atoms with Crippen molar-refractivity contribution >= 4 is 47.9 Å². The molecule has 0 amide bonds. The summed E-state index contributed by atoms with van der Waals surface area (Å²) in [4.78, 5) is 38.6. The van der Waals surface area contributed by atoms with Gasteiger partial charge in [0.1, 0.15) is 5.92 Å². The van der Waals surface area contributed by atoms with Crippen molar-refractivity contribution in [2.75, 3.05) is 13.7 Å². The topological polar surface area (TPSA) is 152 Å². The Kier molecular flexibility index (Phi) is 12.0. The number of rotatable bonds is 13. The molecule has 3 aliphatic rings. The first kappa shape index (κ1) is 39.9. The van der Waals surface area contributed by atoms with E-state index in [9.17, 15) is 19.8 Å². The van der Waals surface area contributed by atoms with Gasteiger partial charge in [0.2, 0.25) is 0 Å². The average molecular weight is 751 g/mol. The molecule has 8 bridgehead atoms. The Labute approximate surface area is 323 Å². The van der Waals surface area contributed by atoms with Crippen LogP contribution < -0.4 is 26.6 Å². The fourth-order valence-electron chi connectivity index (χ4n) is 8.82. The molecule has 10 heteroatoms. The SMILES string of the molecule is C=Cc1c2[nH]c(c1C)/C=C1\NC(C3=c4[nH]/c(c(C)c4C(=O)[C@@H]3C(=O)OC)=C\c3[nH]c(/c(=C\O)c3CC)=C\2)[C@@H](CCC(O)OC/C=C(\C)CCCC(C)C)[C@@H]1C. The van der Waals surface area contributed by atoms with E-state index in [1.807, 2.05) is 39.0 Å². The summed E-state index contributed by atoms with van der Waals surface area (Å²) in [5.74, 6) is -1.49. The van der Waals surface area contributed by atoms with Gasteiger partial charge in [0.15, 0.2) is 12.1 Å². The van der Waals surface area contributed by atoms with Gasteiger partial charge < -0.3 is 40.0 Å². The second-order valence-corrected chi connectivity index (χ2v) is 15.9. The van der Waals surface area contributed by atoms with Gasteiger partial charge in [-0.25, -0.2) is 0 Å². The third-order valence-corrected chi connectivity index (χ3v) is 12.0. The highest BCUT2D eigenvalue weighted by Crippen LogP contribution is 2.42. The zero-order chi connectivity index (χ0) is 39.7. The molecule has 2 aliphatic heterocycles. The molecule has 0 aromatic carbocycles. The highest BCUT2D eigenvalue weighted by Gasteiger charge is 2.49. The summed E-state index contributed by atoms with van der Waals surface area (Å²) in [5, 5.41) is 28.1. The van der Waals surface area contributed by atoms with Crippen LogP contribution in [0.5, 0.6) is 0 Å². The number of aliphatic hydroxyl groups is 2. The van der Waals surface area contributed by atoms with E-state index in [4.69, 9.17) is 9.47 Å². The number of methoxy groups -OCH3 is 1. The van der Waals surface area contributed by atoms with E-state index in [2.05, 4.69) is 66.7 Å². The van der Waals surface area contributed by atoms with Gasteiger partial charge in [0, 0.05) is 50.4 Å². The molecule has 1 saturated heterocycles. The van der Waals surface area contributed by atoms with E-state index in [1.165, 1.54) is 19.1 Å². The molecule has 0 spiro atoms. The van der Waals surface area contributed by atoms with Crippen molar-refractivity contribution < 1.29 is 29.3 Å². The number of Topliss-reactive ketones (excluding diaryl/α,β-unsaturated/α-hetero) is 1. The minimum Gasteiger partial charge on any atom is -0.515 e. The molecule has 6 N–H and O–H groups in total. The number of aromatic amines is 3. The number of carbonyl (C=O) groups is 2. The summed E-state index contributed by atoms with van der Waals surface area (Å²) in [7, 11) is 1.32. The summed E-state index contributed by atoms with van der Waals surface area (Å²) in [6.07, 6.45) is 15.0. The zero-order valence-electron chi connectivity index (χ0n) is 33.6. The van der Waals surface area contributed by atoms with Crippen LogP contribution in [0.3, 0.4) is 0 Å². The lowest BCUT2D eigenvalue weighted by Gasteiger charge is -2.26. The van der Waals surface area contributed by atoms with Crippen molar-refractivity contribution in [3.63, 3.8) is 0 Å². The number of ketones is 1. The summed E-state index contributed by atoms with van der Waals surface area (Å²) in [5.41, 5.74) is 9.47. The van der Waals surface area contributed by atoms with Gasteiger partial charge in [0.25, 0.3) is 0 Å². The first-order valence-corrected chi connectivity index (χ1v) is 19.7. The zero-order valence-corrected chi connectivity index (χ0v) is 33.6. The maximum atomic E-state index is 14.3. The van der Waals surface area contributed by atoms with Gasteiger partial charge >= 0.3 is 5.97 Å². The van der Waals surface area contributed by atoms with Crippen LogP contribution in [0.1, 0.15) is 116 Å². The summed E-state index contributed by atoms with van der Waals surface area (Å²) in [6, 6.07) is -0.427. The number of hydrogen-bond donors (Lipinski definition) is 6. The second-order valence-electron chi connectivity index (χ2n) is 15.9. The standard InChI is InChI=1S/C45H58N4O6/c1-10-28-25(6)32-19-33-26(7)30(15-16-38(51)55-18-17-24(5)14-12-13-23(3)4)42(48-33)40-41(45(53)54-9)44(52)39-27(8)34(49-43(39)40)20-36-29(11-2)31(22-50)37(47-36)21-35(28)46-32/h10,17,19-23,26,30,38,41-42,46-51H,1,11-16,18H2,2-9H3/b24-17+,31-22-,33-19-,34-20-,37-21-/t26-,30-,38?,41+,42?/m0/s1. The smallest absolute Gasteiger partial charge is 0.320 e. The molecule has 0 saturated carbocycles. The van der Waals surface area contributed by atoms with Crippen molar-refractivity contribution in [3.8, 4) is 0 Å². The van der Waals surface area contributed by atoms with Crippen LogP contribution in [0.4, 0.5) is 0 Å². The molecule has 10 nitrogen and oxygen atoms in total. The number of H-pyrrole nitrogens is 3. The quantitative estimate of drug-likeness (QED) is 0.0620. The van der Waals surface area contributed by atoms with Gasteiger partial charge in [0.05, 0.1) is 36.7 Å². The third-order valence-electron chi connectivity index (χ3n) is 12.0. The van der Waals surface area contributed by atoms with Gasteiger partial charge in [-0.3, -0.25) is 9.59 Å². The minimum absolute atomic E-state index is 0.0430. The van der Waals surface area contributed by atoms with E-state index in [1.54, 1.807) is 0 Å². The maximum Gasteiger partial charge on any atom is 0.320 e. The van der Waals surface area contributed by atoms with Crippen molar-refractivity contribution in [2.24, 2.45) is 23.7 Å². The molecule has 1 fully saturated rings. The number of hydrogen-bond acceptors (Lipinski definition) is 7. The largest absolute Gasteiger partial charge is 0.515 e. The van der Waals surface area contributed by atoms with Crippen LogP contribution >= 0.6 is 0 Å². The molecule has 2 unspecified atom stereocenters. The number of carbonyl (C=O) groups excluding carboxylic acids is 2. The Balaban J connectivity index is 1.48. The molecule has 294 valence electrons. The first-order valence-electron chi connectivity index (χ1n) is 19.7. The molecule has 6 rings (SSSR count). The molecule has 5 heterocycles. The van der Waals surface area contributed by atoms with E-state index in [0.29, 0.717) is 53.5 Å². The van der Waals surface area contributed by atoms with Gasteiger partial charge in [-0.05, 0) is 105 Å². The van der Waals surface area contributed by atoms with Crippen LogP contribution in [-0.4, -0.2) is 63.0 Å². The van der Waals surface area contributed by atoms with Crippen LogP contribution in [-0.2, 0) is 20.7 Å². The molecular weight excluding hydrogens is 693 g/mol. The summed E-state index contributed by atoms with van der Waals surface area (Å²) in [6.45, 7) is 19.1. The fourth-order valence-corrected chi connectivity index (χ4v) is 8.82. The predicted octanol–water partition coefficient (Wildman–Crippen LogP) is 5.05. The normalized spacial score (nSPS) is 23.6. The summed E-state index contributed by atoms with van der Waals surface area (Å²) >= 11 is 0. The Morgan fingerprint density at radius 1 is 1.04 bits per heavy atom. The Hall–Kier alpha value is -4.80. The Bertz CT molecular complexity index is 2300. The third kappa shape index (κ3) is 7.59. The van der Waals surface area contributed by atoms with Gasteiger partial charge in [-0.1, -0.05) is 58.4 Å². The van der Waals surface area contributed by atoms with Crippen LogP contribution in [0.25, 0.3) is 36.1 Å². The molecule has 1 aliphatic carbocycles. The summed E-state index contributed by atoms with van der Waals surface area (Å²) < 4.78 is 11.2. The molecule has 55 heavy (non-hydrogen) atoms. The number of esters is 1. The Morgan fingerprint density at radius 2 is 1.78 bits per heavy atom. The van der Waals surface area contributed by atoms with E-state index < -0.39 is 24.2 Å².